The standard InChI is InChI=1S/C25H26N4O5S/c1-3-33-19-10-15(8-9-18(19)34-12-20(26)30)17-11-21(31)27-23-22(17)24(32)29-25(28-23)35-13-16-7-5-4-6-14(16)2/h4-10,17H,3,11-13H2,1-2H3,(H2,26,30)(H2,27,28,29,31,32). The predicted molar refractivity (Wildman–Crippen MR) is 133 cm³/mol. The predicted octanol–water partition coefficient (Wildman–Crippen LogP) is 3.11. The molecule has 4 rings (SSSR count). The Morgan fingerprint density at radius 3 is 2.71 bits per heavy atom. The molecule has 1 aliphatic rings. The van der Waals surface area contributed by atoms with E-state index < -0.39 is 11.8 Å². The Hall–Kier alpha value is -3.79. The number of benzene rings is 2. The number of fused-ring (bicyclic) bond motifs is 1. The summed E-state index contributed by atoms with van der Waals surface area (Å²) in [7, 11) is 0. The topological polar surface area (TPSA) is 136 Å². The highest BCUT2D eigenvalue weighted by Gasteiger charge is 2.31. The third-order valence-corrected chi connectivity index (χ3v) is 6.52. The van der Waals surface area contributed by atoms with Gasteiger partial charge in [0.2, 0.25) is 5.91 Å². The molecule has 10 heteroatoms. The van der Waals surface area contributed by atoms with Crippen LogP contribution in [0.25, 0.3) is 0 Å². The van der Waals surface area contributed by atoms with Gasteiger partial charge >= 0.3 is 0 Å². The highest BCUT2D eigenvalue weighted by Crippen LogP contribution is 2.38. The number of aryl methyl sites for hydroxylation is 1. The number of hydrogen-bond acceptors (Lipinski definition) is 7. The van der Waals surface area contributed by atoms with E-state index in [-0.39, 0.29) is 30.3 Å². The number of carbonyl (C=O) groups is 2. The van der Waals surface area contributed by atoms with Crippen LogP contribution in [-0.4, -0.2) is 35.0 Å². The molecule has 1 unspecified atom stereocenters. The van der Waals surface area contributed by atoms with Crippen LogP contribution in [0.15, 0.2) is 52.4 Å². The van der Waals surface area contributed by atoms with Crippen LogP contribution < -0.4 is 26.1 Å². The van der Waals surface area contributed by atoms with E-state index >= 15 is 0 Å². The third kappa shape index (κ3) is 5.65. The minimum atomic E-state index is -0.608. The van der Waals surface area contributed by atoms with Crippen molar-refractivity contribution in [1.29, 1.82) is 0 Å². The van der Waals surface area contributed by atoms with E-state index in [1.54, 1.807) is 18.2 Å². The molecule has 0 radical (unpaired) electrons. The van der Waals surface area contributed by atoms with Gasteiger partial charge in [0.05, 0.1) is 12.2 Å². The van der Waals surface area contributed by atoms with Gasteiger partial charge in [-0.2, -0.15) is 0 Å². The fourth-order valence-corrected chi connectivity index (χ4v) is 4.84. The summed E-state index contributed by atoms with van der Waals surface area (Å²) < 4.78 is 11.1. The molecule has 0 aliphatic carbocycles. The minimum absolute atomic E-state index is 0.0838. The first-order valence-corrected chi connectivity index (χ1v) is 12.1. The first kappa shape index (κ1) is 24.3. The van der Waals surface area contributed by atoms with Crippen LogP contribution in [0.4, 0.5) is 5.82 Å². The number of nitrogens with zero attached hydrogens (tertiary/aromatic N) is 1. The summed E-state index contributed by atoms with van der Waals surface area (Å²) in [6.07, 6.45) is 0.0838. The van der Waals surface area contributed by atoms with Gasteiger partial charge < -0.3 is 25.5 Å². The SMILES string of the molecule is CCOc1cc(C2CC(=O)Nc3nc(SCc4ccccc4C)[nH]c(=O)c32)ccc1OCC(N)=O. The number of nitrogens with one attached hydrogen (secondary N) is 2. The Bertz CT molecular complexity index is 1320. The van der Waals surface area contributed by atoms with E-state index in [4.69, 9.17) is 15.2 Å². The number of rotatable bonds is 9. The molecule has 0 bridgehead atoms. The Morgan fingerprint density at radius 1 is 1.17 bits per heavy atom. The summed E-state index contributed by atoms with van der Waals surface area (Å²) in [5.41, 5.74) is 8.25. The summed E-state index contributed by atoms with van der Waals surface area (Å²) in [5.74, 6) is 0.282. The molecule has 1 aromatic heterocycles. The number of carbonyl (C=O) groups excluding carboxylic acids is 2. The lowest BCUT2D eigenvalue weighted by molar-refractivity contribution is -0.120. The molecular weight excluding hydrogens is 468 g/mol. The Balaban J connectivity index is 1.64. The van der Waals surface area contributed by atoms with Crippen molar-refractivity contribution in [3.05, 3.63) is 75.1 Å². The third-order valence-electron chi connectivity index (χ3n) is 5.59. The maximum atomic E-state index is 13.1. The van der Waals surface area contributed by atoms with Crippen LogP contribution in [0.2, 0.25) is 0 Å². The molecule has 3 aromatic rings. The molecule has 2 amide bonds. The number of aromatic nitrogens is 2. The van der Waals surface area contributed by atoms with Crippen molar-refractivity contribution in [3.63, 3.8) is 0 Å². The van der Waals surface area contributed by atoms with Gasteiger partial charge in [-0.05, 0) is 42.7 Å². The summed E-state index contributed by atoms with van der Waals surface area (Å²) in [6.45, 7) is 3.92. The van der Waals surface area contributed by atoms with Crippen LogP contribution in [0.5, 0.6) is 11.5 Å². The first-order valence-electron chi connectivity index (χ1n) is 11.1. The summed E-state index contributed by atoms with van der Waals surface area (Å²) in [6, 6.07) is 13.1. The number of nitrogens with two attached hydrogens (primary N) is 1. The van der Waals surface area contributed by atoms with Crippen molar-refractivity contribution in [3.8, 4) is 11.5 Å². The number of amides is 2. The van der Waals surface area contributed by atoms with E-state index in [1.165, 1.54) is 11.8 Å². The van der Waals surface area contributed by atoms with E-state index in [2.05, 4.69) is 15.3 Å². The lowest BCUT2D eigenvalue weighted by Crippen LogP contribution is -2.31. The van der Waals surface area contributed by atoms with Gasteiger partial charge in [-0.25, -0.2) is 4.98 Å². The van der Waals surface area contributed by atoms with E-state index in [9.17, 15) is 14.4 Å². The van der Waals surface area contributed by atoms with Crippen molar-refractivity contribution >= 4 is 29.4 Å². The molecule has 0 saturated heterocycles. The quantitative estimate of drug-likeness (QED) is 0.307. The molecule has 4 N–H and O–H groups in total. The van der Waals surface area contributed by atoms with Crippen molar-refractivity contribution in [2.24, 2.45) is 5.73 Å². The Morgan fingerprint density at radius 2 is 1.97 bits per heavy atom. The van der Waals surface area contributed by atoms with Crippen LogP contribution in [0.3, 0.4) is 0 Å². The van der Waals surface area contributed by atoms with Crippen molar-refractivity contribution in [1.82, 2.24) is 9.97 Å². The van der Waals surface area contributed by atoms with Gasteiger partial charge in [0.15, 0.2) is 23.3 Å². The van der Waals surface area contributed by atoms with Crippen LogP contribution >= 0.6 is 11.8 Å². The van der Waals surface area contributed by atoms with Crippen molar-refractivity contribution in [2.45, 2.75) is 37.1 Å². The second-order valence-electron chi connectivity index (χ2n) is 8.05. The zero-order chi connectivity index (χ0) is 24.9. The average Bonchev–Trinajstić information content (AvgIpc) is 2.82. The molecule has 182 valence electrons. The Labute approximate surface area is 206 Å². The maximum Gasteiger partial charge on any atom is 0.257 e. The normalized spacial score (nSPS) is 14.7. The number of aromatic amines is 1. The molecule has 0 spiro atoms. The van der Waals surface area contributed by atoms with Crippen LogP contribution in [-0.2, 0) is 15.3 Å². The van der Waals surface area contributed by atoms with Gasteiger partial charge in [0, 0.05) is 18.1 Å². The molecule has 2 aromatic carbocycles. The van der Waals surface area contributed by atoms with Crippen molar-refractivity contribution < 1.29 is 19.1 Å². The summed E-state index contributed by atoms with van der Waals surface area (Å²) in [4.78, 5) is 44.2. The molecule has 1 atom stereocenters. The highest BCUT2D eigenvalue weighted by molar-refractivity contribution is 7.98. The monoisotopic (exact) mass is 494 g/mol. The van der Waals surface area contributed by atoms with Gasteiger partial charge in [-0.1, -0.05) is 42.1 Å². The number of thioether (sulfide) groups is 1. The van der Waals surface area contributed by atoms with E-state index in [0.717, 1.165) is 11.1 Å². The number of hydrogen-bond donors (Lipinski definition) is 3. The largest absolute Gasteiger partial charge is 0.490 e. The van der Waals surface area contributed by atoms with Crippen LogP contribution in [0, 0.1) is 6.92 Å². The zero-order valence-corrected chi connectivity index (χ0v) is 20.2. The van der Waals surface area contributed by atoms with Crippen LogP contribution in [0.1, 0.15) is 41.5 Å². The lowest BCUT2D eigenvalue weighted by atomic mass is 9.86. The second kappa shape index (κ2) is 10.6. The van der Waals surface area contributed by atoms with Gasteiger partial charge in [0.1, 0.15) is 5.82 Å². The van der Waals surface area contributed by atoms with Gasteiger partial charge in [-0.15, -0.1) is 0 Å². The molecule has 9 nitrogen and oxygen atoms in total. The number of primary amides is 1. The highest BCUT2D eigenvalue weighted by atomic mass is 32.2. The Kier molecular flexibility index (Phi) is 7.40. The first-order chi connectivity index (χ1) is 16.9. The molecule has 2 heterocycles. The maximum absolute atomic E-state index is 13.1. The second-order valence-corrected chi connectivity index (χ2v) is 9.01. The summed E-state index contributed by atoms with van der Waals surface area (Å²) >= 11 is 1.40. The summed E-state index contributed by atoms with van der Waals surface area (Å²) in [5, 5.41) is 3.18. The van der Waals surface area contributed by atoms with Gasteiger partial charge in [0.25, 0.3) is 11.5 Å². The molecular formula is C25H26N4O5S. The molecule has 1 aliphatic heterocycles. The smallest absolute Gasteiger partial charge is 0.257 e. The van der Waals surface area contributed by atoms with E-state index in [0.29, 0.717) is 40.1 Å². The fraction of sp³-hybridized carbons (Fsp3) is 0.280. The minimum Gasteiger partial charge on any atom is -0.490 e. The number of H-pyrrole nitrogens is 1. The molecule has 0 saturated carbocycles. The van der Waals surface area contributed by atoms with E-state index in [1.807, 2.05) is 38.1 Å². The van der Waals surface area contributed by atoms with Crippen molar-refractivity contribution in [2.75, 3.05) is 18.5 Å². The number of ether oxygens (including phenoxy) is 2. The molecule has 35 heavy (non-hydrogen) atoms. The lowest BCUT2D eigenvalue weighted by Gasteiger charge is -2.25. The average molecular weight is 495 g/mol. The zero-order valence-electron chi connectivity index (χ0n) is 19.4. The fourth-order valence-electron chi connectivity index (χ4n) is 3.90. The van der Waals surface area contributed by atoms with Gasteiger partial charge in [-0.3, -0.25) is 14.4 Å². The molecule has 0 fully saturated rings. The number of anilines is 1.